The second kappa shape index (κ2) is 36.2. The van der Waals surface area contributed by atoms with Gasteiger partial charge in [0, 0.05) is 0 Å². The molecule has 0 aliphatic carbocycles. The second-order valence-corrected chi connectivity index (χ2v) is 24.7. The average molecular weight is 1400 g/mol. The molecule has 16 nitrogen and oxygen atoms in total. The maximum Gasteiger partial charge on any atom is 0.338 e. The normalized spacial score (nSPS) is 13.8. The Morgan fingerprint density at radius 3 is 0.600 bits per heavy atom. The Labute approximate surface area is 609 Å². The number of benzene rings is 12. The van der Waals surface area contributed by atoms with Gasteiger partial charge >= 0.3 is 17.9 Å². The first-order chi connectivity index (χ1) is 51.8. The summed E-state index contributed by atoms with van der Waals surface area (Å²) < 4.78 is 85.2. The Hall–Kier alpha value is -12.8. The lowest BCUT2D eigenvalue weighted by atomic mass is 10.0. The summed E-state index contributed by atoms with van der Waals surface area (Å²) in [5, 5.41) is 0. The summed E-state index contributed by atoms with van der Waals surface area (Å²) in [4.78, 5) is 46.4. The van der Waals surface area contributed by atoms with E-state index in [4.69, 9.17) is 61.6 Å². The molecule has 0 amide bonds. The monoisotopic (exact) mass is 1400 g/mol. The number of hydrogen-bond acceptors (Lipinski definition) is 16. The zero-order chi connectivity index (χ0) is 71.6. The van der Waals surface area contributed by atoms with Gasteiger partial charge in [0.1, 0.15) is 59.5 Å². The van der Waals surface area contributed by atoms with E-state index in [9.17, 15) is 0 Å². The molecule has 2 unspecified atom stereocenters. The molecular formula is C89H76O16. The van der Waals surface area contributed by atoms with Crippen LogP contribution < -0.4 is 42.6 Å². The molecule has 1 fully saturated rings. The number of ether oxygens (including phenoxy) is 13. The third-order valence-corrected chi connectivity index (χ3v) is 16.9. The van der Waals surface area contributed by atoms with Crippen LogP contribution in [-0.2, 0) is 78.4 Å². The minimum atomic E-state index is -1.57. The van der Waals surface area contributed by atoms with E-state index in [0.29, 0.717) is 0 Å². The third kappa shape index (κ3) is 20.1. The van der Waals surface area contributed by atoms with Crippen molar-refractivity contribution in [2.45, 2.75) is 77.8 Å². The Kier molecular flexibility index (Phi) is 24.3. The summed E-state index contributed by atoms with van der Waals surface area (Å²) >= 11 is 0. The fourth-order valence-electron chi connectivity index (χ4n) is 11.4. The van der Waals surface area contributed by atoms with Gasteiger partial charge in [0.2, 0.25) is 17.2 Å². The SMILES string of the molecule is O=C(OC1COCC(OC(=O)c2cc(OCc3ccccc3)c(OCc3ccccc3)c(OCc3ccccc3)c2)C1OC(=O)c1cc(OCc2ccccc2)c(OCc2ccccc2)c(OCc2ccccc2)c1)c1cc(OCc2ccccc2)c(OCc2ccccc2)c(OCc2ccccc2)c1. The number of carbonyl (C=O) groups is 3. The Balaban J connectivity index is 0.883. The second-order valence-electron chi connectivity index (χ2n) is 24.7. The molecule has 12 aromatic rings. The van der Waals surface area contributed by atoms with E-state index in [-0.39, 0.29) is 141 Å². The molecule has 13 rings (SSSR count). The molecule has 0 aromatic heterocycles. The van der Waals surface area contributed by atoms with Crippen molar-refractivity contribution in [1.82, 2.24) is 0 Å². The molecule has 1 saturated heterocycles. The van der Waals surface area contributed by atoms with Crippen LogP contribution in [0.15, 0.2) is 309 Å². The van der Waals surface area contributed by atoms with Crippen LogP contribution in [0.1, 0.15) is 81.1 Å². The molecule has 0 N–H and O–H groups in total. The molecule has 16 heteroatoms. The molecule has 105 heavy (non-hydrogen) atoms. The van der Waals surface area contributed by atoms with Crippen molar-refractivity contribution < 1.29 is 76.0 Å². The van der Waals surface area contributed by atoms with E-state index in [2.05, 4.69) is 0 Å². The highest BCUT2D eigenvalue weighted by molar-refractivity contribution is 5.93. The van der Waals surface area contributed by atoms with E-state index in [0.717, 1.165) is 50.1 Å². The van der Waals surface area contributed by atoms with E-state index in [1.54, 1.807) is 0 Å². The fourth-order valence-corrected chi connectivity index (χ4v) is 11.4. The number of carbonyl (C=O) groups excluding carboxylic acids is 3. The topological polar surface area (TPSA) is 171 Å². The molecule has 12 aromatic carbocycles. The molecule has 528 valence electrons. The first-order valence-electron chi connectivity index (χ1n) is 34.5. The molecule has 1 aliphatic rings. The van der Waals surface area contributed by atoms with Crippen LogP contribution in [-0.4, -0.2) is 49.4 Å². The summed E-state index contributed by atoms with van der Waals surface area (Å²) in [6.07, 6.45) is -4.48. The van der Waals surface area contributed by atoms with E-state index < -0.39 is 36.2 Å². The Morgan fingerprint density at radius 2 is 0.410 bits per heavy atom. The molecule has 2 atom stereocenters. The first-order valence-corrected chi connectivity index (χ1v) is 34.5. The molecule has 0 spiro atoms. The largest absolute Gasteiger partial charge is 0.485 e. The van der Waals surface area contributed by atoms with E-state index >= 15 is 14.4 Å². The predicted molar refractivity (Wildman–Crippen MR) is 395 cm³/mol. The highest BCUT2D eigenvalue weighted by atomic mass is 16.6. The predicted octanol–water partition coefficient (Wildman–Crippen LogP) is 17.9. The number of hydrogen-bond donors (Lipinski definition) is 0. The van der Waals surface area contributed by atoms with Gasteiger partial charge < -0.3 is 61.6 Å². The molecule has 0 radical (unpaired) electrons. The van der Waals surface area contributed by atoms with Crippen LogP contribution >= 0.6 is 0 Å². The summed E-state index contributed by atoms with van der Waals surface area (Å²) in [6.45, 7) is 0.221. The van der Waals surface area contributed by atoms with Gasteiger partial charge in [-0.2, -0.15) is 0 Å². The van der Waals surface area contributed by atoms with Gasteiger partial charge in [-0.15, -0.1) is 0 Å². The van der Waals surface area contributed by atoms with Crippen LogP contribution in [0.5, 0.6) is 51.7 Å². The zero-order valence-electron chi connectivity index (χ0n) is 57.5. The quantitative estimate of drug-likeness (QED) is 0.0281. The molecule has 1 heterocycles. The van der Waals surface area contributed by atoms with Gasteiger partial charge in [0.25, 0.3) is 0 Å². The zero-order valence-corrected chi connectivity index (χ0v) is 57.5. The van der Waals surface area contributed by atoms with Crippen LogP contribution in [0.25, 0.3) is 0 Å². The van der Waals surface area contributed by atoms with Gasteiger partial charge in [0.05, 0.1) is 29.9 Å². The Bertz CT molecular complexity index is 4330. The van der Waals surface area contributed by atoms with Gasteiger partial charge in [-0.05, 0) is 86.5 Å². The lowest BCUT2D eigenvalue weighted by Crippen LogP contribution is -2.53. The van der Waals surface area contributed by atoms with Crippen molar-refractivity contribution in [2.75, 3.05) is 13.2 Å². The van der Waals surface area contributed by atoms with E-state index in [1.165, 1.54) is 36.4 Å². The van der Waals surface area contributed by atoms with Gasteiger partial charge in [-0.25, -0.2) is 14.4 Å². The maximum atomic E-state index is 15.6. The maximum absolute atomic E-state index is 15.6. The molecule has 0 bridgehead atoms. The third-order valence-electron chi connectivity index (χ3n) is 16.9. The van der Waals surface area contributed by atoms with Crippen molar-refractivity contribution in [3.63, 3.8) is 0 Å². The highest BCUT2D eigenvalue weighted by Gasteiger charge is 2.43. The fraction of sp³-hybridized carbons (Fsp3) is 0.157. The molecule has 0 saturated carbocycles. The lowest BCUT2D eigenvalue weighted by molar-refractivity contribution is -0.157. The summed E-state index contributed by atoms with van der Waals surface area (Å²) in [5.74, 6) is -1.06. The highest BCUT2D eigenvalue weighted by Crippen LogP contribution is 2.45. The summed E-state index contributed by atoms with van der Waals surface area (Å²) in [7, 11) is 0. The molecule has 1 aliphatic heterocycles. The summed E-state index contributed by atoms with van der Waals surface area (Å²) in [5.41, 5.74) is 7.54. The van der Waals surface area contributed by atoms with Crippen molar-refractivity contribution in [2.24, 2.45) is 0 Å². The smallest absolute Gasteiger partial charge is 0.338 e. The Morgan fingerprint density at radius 1 is 0.238 bits per heavy atom. The first kappa shape index (κ1) is 70.6. The number of rotatable bonds is 33. The van der Waals surface area contributed by atoms with Crippen molar-refractivity contribution >= 4 is 17.9 Å². The van der Waals surface area contributed by atoms with Crippen molar-refractivity contribution in [3.8, 4) is 51.7 Å². The van der Waals surface area contributed by atoms with Gasteiger partial charge in [-0.3, -0.25) is 0 Å². The van der Waals surface area contributed by atoms with Crippen molar-refractivity contribution in [3.05, 3.63) is 376 Å². The van der Waals surface area contributed by atoms with Crippen molar-refractivity contribution in [1.29, 1.82) is 0 Å². The standard InChI is InChI=1S/C89H76O16/c90-87(72-46-75(94-52-63-28-10-1-11-29-63)83(100-58-69-40-22-7-23-41-69)76(47-72)95-53-64-30-12-2-13-31-64)103-81-61-93-62-82(104-88(91)73-48-77(96-54-65-32-14-3-15-33-65)84(101-59-70-42-24-8-25-43-70)78(49-73)97-55-66-34-16-4-17-35-66)86(81)105-89(92)74-50-79(98-56-67-36-18-5-19-37-67)85(102-60-71-44-26-9-27-45-71)80(51-74)99-57-68-38-20-6-21-39-68/h1-51,81-82,86H,52-62H2. The minimum absolute atomic E-state index is 0.0236. The van der Waals surface area contributed by atoms with Crippen LogP contribution in [0.3, 0.4) is 0 Å². The van der Waals surface area contributed by atoms with Gasteiger partial charge in [0.15, 0.2) is 52.8 Å². The van der Waals surface area contributed by atoms with Gasteiger partial charge in [-0.1, -0.05) is 273 Å². The molecular weight excluding hydrogens is 1320 g/mol. The lowest BCUT2D eigenvalue weighted by Gasteiger charge is -2.36. The van der Waals surface area contributed by atoms with Crippen LogP contribution in [0, 0.1) is 0 Å². The van der Waals surface area contributed by atoms with Crippen LogP contribution in [0.2, 0.25) is 0 Å². The minimum Gasteiger partial charge on any atom is -0.485 e. The van der Waals surface area contributed by atoms with Crippen LogP contribution in [0.4, 0.5) is 0 Å². The average Bonchev–Trinajstić information content (AvgIpc) is 0.804. The van der Waals surface area contributed by atoms with E-state index in [1.807, 2.05) is 273 Å². The number of esters is 3. The summed E-state index contributed by atoms with van der Waals surface area (Å²) in [6, 6.07) is 95.2.